The third-order valence-corrected chi connectivity index (χ3v) is 2.42. The highest BCUT2D eigenvalue weighted by Crippen LogP contribution is 2.14. The largest absolute Gasteiger partial charge is 0.329 e. The van der Waals surface area contributed by atoms with E-state index in [1.165, 1.54) is 0 Å². The lowest BCUT2D eigenvalue weighted by Crippen LogP contribution is -1.89. The van der Waals surface area contributed by atoms with Gasteiger partial charge in [0, 0.05) is 25.2 Å². The number of hydrogen-bond acceptors (Lipinski definition) is 2. The zero-order valence-electron chi connectivity index (χ0n) is 6.66. The highest BCUT2D eigenvalue weighted by atomic mass is 32.2. The minimum Gasteiger partial charge on any atom is -0.329 e. The predicted octanol–water partition coefficient (Wildman–Crippen LogP) is 2.09. The Morgan fingerprint density at radius 1 is 1.82 bits per heavy atom. The number of aryl methyl sites for hydroxylation is 1. The quantitative estimate of drug-likeness (QED) is 0.389. The standard InChI is InChI=1S/C8H12N2S/c1-3-4-7-11-8-9-5-6-10(8)2/h3,5-6H,1,4,7H2,2H3. The summed E-state index contributed by atoms with van der Waals surface area (Å²) in [5, 5.41) is 1.08. The molecule has 0 aliphatic rings. The van der Waals surface area contributed by atoms with Crippen molar-refractivity contribution in [2.24, 2.45) is 7.05 Å². The fraction of sp³-hybridized carbons (Fsp3) is 0.375. The van der Waals surface area contributed by atoms with Crippen LogP contribution in [0.3, 0.4) is 0 Å². The van der Waals surface area contributed by atoms with Gasteiger partial charge in [0.05, 0.1) is 0 Å². The lowest BCUT2D eigenvalue weighted by atomic mass is 10.5. The van der Waals surface area contributed by atoms with Gasteiger partial charge in [-0.1, -0.05) is 17.8 Å². The Hall–Kier alpha value is -0.700. The predicted molar refractivity (Wildman–Crippen MR) is 48.7 cm³/mol. The molecule has 11 heavy (non-hydrogen) atoms. The molecule has 1 rings (SSSR count). The van der Waals surface area contributed by atoms with Crippen LogP contribution in [0.25, 0.3) is 0 Å². The molecule has 0 amide bonds. The number of rotatable bonds is 4. The van der Waals surface area contributed by atoms with Gasteiger partial charge < -0.3 is 4.57 Å². The van der Waals surface area contributed by atoms with Crippen molar-refractivity contribution in [1.82, 2.24) is 9.55 Å². The first kappa shape index (κ1) is 8.40. The number of nitrogens with zero attached hydrogens (tertiary/aromatic N) is 2. The van der Waals surface area contributed by atoms with Crippen LogP contribution < -0.4 is 0 Å². The zero-order valence-corrected chi connectivity index (χ0v) is 7.47. The number of aromatic nitrogens is 2. The smallest absolute Gasteiger partial charge is 0.167 e. The molecule has 0 saturated heterocycles. The number of allylic oxidation sites excluding steroid dienone is 1. The van der Waals surface area contributed by atoms with E-state index in [0.717, 1.165) is 17.3 Å². The van der Waals surface area contributed by atoms with Gasteiger partial charge in [0.25, 0.3) is 0 Å². The first-order chi connectivity index (χ1) is 5.34. The van der Waals surface area contributed by atoms with E-state index in [9.17, 15) is 0 Å². The van der Waals surface area contributed by atoms with E-state index in [4.69, 9.17) is 0 Å². The van der Waals surface area contributed by atoms with Crippen molar-refractivity contribution >= 4 is 11.8 Å². The van der Waals surface area contributed by atoms with Crippen LogP contribution in [0.5, 0.6) is 0 Å². The molecule has 0 atom stereocenters. The molecule has 3 heteroatoms. The first-order valence-corrected chi connectivity index (χ1v) is 4.54. The molecule has 0 aromatic carbocycles. The summed E-state index contributed by atoms with van der Waals surface area (Å²) in [6, 6.07) is 0. The Balaban J connectivity index is 2.38. The SMILES string of the molecule is C=CCCSc1nccn1C. The lowest BCUT2D eigenvalue weighted by molar-refractivity contribution is 0.790. The van der Waals surface area contributed by atoms with Crippen LogP contribution in [0.15, 0.2) is 30.2 Å². The molecule has 0 N–H and O–H groups in total. The van der Waals surface area contributed by atoms with Crippen molar-refractivity contribution < 1.29 is 0 Å². The molecule has 1 aromatic rings. The summed E-state index contributed by atoms with van der Waals surface area (Å²) >= 11 is 1.76. The van der Waals surface area contributed by atoms with Crippen LogP contribution in [0, 0.1) is 0 Å². The van der Waals surface area contributed by atoms with Crippen molar-refractivity contribution in [2.75, 3.05) is 5.75 Å². The van der Waals surface area contributed by atoms with Gasteiger partial charge in [-0.15, -0.1) is 6.58 Å². The normalized spacial score (nSPS) is 9.91. The van der Waals surface area contributed by atoms with E-state index in [2.05, 4.69) is 11.6 Å². The lowest BCUT2D eigenvalue weighted by Gasteiger charge is -1.97. The molecule has 1 heterocycles. The summed E-state index contributed by atoms with van der Waals surface area (Å²) in [6.45, 7) is 3.66. The molecule has 0 bridgehead atoms. The van der Waals surface area contributed by atoms with Crippen LogP contribution >= 0.6 is 11.8 Å². The van der Waals surface area contributed by atoms with Crippen molar-refractivity contribution in [1.29, 1.82) is 0 Å². The van der Waals surface area contributed by atoms with E-state index in [1.54, 1.807) is 11.8 Å². The second-order valence-electron chi connectivity index (χ2n) is 2.25. The number of thioether (sulfide) groups is 1. The minimum atomic E-state index is 1.04. The Morgan fingerprint density at radius 3 is 3.18 bits per heavy atom. The summed E-state index contributed by atoms with van der Waals surface area (Å²) < 4.78 is 2.02. The molecule has 0 spiro atoms. The molecule has 0 fully saturated rings. The number of hydrogen-bond donors (Lipinski definition) is 0. The molecule has 2 nitrogen and oxygen atoms in total. The first-order valence-electron chi connectivity index (χ1n) is 3.55. The fourth-order valence-corrected chi connectivity index (χ4v) is 1.59. The second kappa shape index (κ2) is 4.23. The van der Waals surface area contributed by atoms with Gasteiger partial charge in [-0.25, -0.2) is 4.98 Å². The topological polar surface area (TPSA) is 17.8 Å². The summed E-state index contributed by atoms with van der Waals surface area (Å²) in [5.41, 5.74) is 0. The van der Waals surface area contributed by atoms with Crippen LogP contribution in [-0.2, 0) is 7.05 Å². The summed E-state index contributed by atoms with van der Waals surface area (Å²) in [4.78, 5) is 4.18. The molecular weight excluding hydrogens is 156 g/mol. The highest BCUT2D eigenvalue weighted by molar-refractivity contribution is 7.99. The molecule has 0 radical (unpaired) electrons. The van der Waals surface area contributed by atoms with E-state index in [0.29, 0.717) is 0 Å². The van der Waals surface area contributed by atoms with E-state index in [1.807, 2.05) is 30.1 Å². The molecule has 0 saturated carbocycles. The molecule has 1 aromatic heterocycles. The molecule has 0 aliphatic carbocycles. The van der Waals surface area contributed by atoms with Gasteiger partial charge in [0.15, 0.2) is 5.16 Å². The molecule has 60 valence electrons. The maximum absolute atomic E-state index is 4.18. The third-order valence-electron chi connectivity index (χ3n) is 1.33. The van der Waals surface area contributed by atoms with Gasteiger partial charge >= 0.3 is 0 Å². The van der Waals surface area contributed by atoms with E-state index < -0.39 is 0 Å². The van der Waals surface area contributed by atoms with Crippen LogP contribution in [0.2, 0.25) is 0 Å². The van der Waals surface area contributed by atoms with Gasteiger partial charge in [-0.05, 0) is 6.42 Å². The van der Waals surface area contributed by atoms with E-state index in [-0.39, 0.29) is 0 Å². The Kier molecular flexibility index (Phi) is 3.23. The van der Waals surface area contributed by atoms with Crippen molar-refractivity contribution in [2.45, 2.75) is 11.6 Å². The van der Waals surface area contributed by atoms with Crippen molar-refractivity contribution in [3.63, 3.8) is 0 Å². The van der Waals surface area contributed by atoms with Crippen molar-refractivity contribution in [3.05, 3.63) is 25.0 Å². The molecule has 0 aliphatic heterocycles. The van der Waals surface area contributed by atoms with Crippen molar-refractivity contribution in [3.8, 4) is 0 Å². The van der Waals surface area contributed by atoms with Crippen LogP contribution in [0.1, 0.15) is 6.42 Å². The summed E-state index contributed by atoms with van der Waals surface area (Å²) in [7, 11) is 2.00. The average molecular weight is 168 g/mol. The van der Waals surface area contributed by atoms with E-state index >= 15 is 0 Å². The third kappa shape index (κ3) is 2.42. The fourth-order valence-electron chi connectivity index (χ4n) is 0.725. The maximum Gasteiger partial charge on any atom is 0.167 e. The van der Waals surface area contributed by atoms with Gasteiger partial charge in [-0.2, -0.15) is 0 Å². The van der Waals surface area contributed by atoms with Crippen LogP contribution in [0.4, 0.5) is 0 Å². The van der Waals surface area contributed by atoms with Gasteiger partial charge in [0.2, 0.25) is 0 Å². The molecular formula is C8H12N2S. The molecule has 0 unspecified atom stereocenters. The monoisotopic (exact) mass is 168 g/mol. The highest BCUT2D eigenvalue weighted by Gasteiger charge is 1.96. The Bertz CT molecular complexity index is 230. The maximum atomic E-state index is 4.18. The summed E-state index contributed by atoms with van der Waals surface area (Å²) in [6.07, 6.45) is 6.74. The van der Waals surface area contributed by atoms with Gasteiger partial charge in [-0.3, -0.25) is 0 Å². The minimum absolute atomic E-state index is 1.04. The Morgan fingerprint density at radius 2 is 2.64 bits per heavy atom. The van der Waals surface area contributed by atoms with Gasteiger partial charge in [0.1, 0.15) is 0 Å². The summed E-state index contributed by atoms with van der Waals surface area (Å²) in [5.74, 6) is 1.06. The Labute approximate surface area is 71.3 Å². The van der Waals surface area contributed by atoms with Crippen LogP contribution in [-0.4, -0.2) is 15.3 Å². The zero-order chi connectivity index (χ0) is 8.10. The average Bonchev–Trinajstić information content (AvgIpc) is 2.37. The second-order valence-corrected chi connectivity index (χ2v) is 3.31. The number of imidazole rings is 1.